The maximum Gasteiger partial charge on any atom is 0.0562 e. The topological polar surface area (TPSA) is 28.2 Å². The summed E-state index contributed by atoms with van der Waals surface area (Å²) in [7, 11) is 0. The summed E-state index contributed by atoms with van der Waals surface area (Å²) in [6, 6.07) is 4.36. The van der Waals surface area contributed by atoms with Gasteiger partial charge in [-0.3, -0.25) is 4.98 Å². The molecule has 1 N–H and O–H groups in total. The predicted molar refractivity (Wildman–Crippen MR) is 76.8 cm³/mol. The molecule has 1 saturated heterocycles. The average molecular weight is 247 g/mol. The van der Waals surface area contributed by atoms with Gasteiger partial charge in [-0.2, -0.15) is 0 Å². The summed E-state index contributed by atoms with van der Waals surface area (Å²) in [5.41, 5.74) is 2.48. The average Bonchev–Trinajstić information content (AvgIpc) is 2.76. The Bertz CT molecular complexity index is 376. The van der Waals surface area contributed by atoms with E-state index in [2.05, 4.69) is 48.1 Å². The molecule has 0 aromatic carbocycles. The molecule has 1 unspecified atom stereocenters. The number of hydrogen-bond acceptors (Lipinski definition) is 3. The van der Waals surface area contributed by atoms with Crippen molar-refractivity contribution < 1.29 is 0 Å². The van der Waals surface area contributed by atoms with Crippen molar-refractivity contribution in [2.75, 3.05) is 24.5 Å². The van der Waals surface area contributed by atoms with E-state index in [1.807, 2.05) is 6.20 Å². The molecule has 2 heterocycles. The molecular weight excluding hydrogens is 222 g/mol. The standard InChI is InChI=1S/C15H25N3/c1-12(2)9-16-10-14-8-15(4-6-17-14)18-7-5-13(3)11-18/h4,6,8,12-13,16H,5,7,9-11H2,1-3H3. The highest BCUT2D eigenvalue weighted by Gasteiger charge is 2.18. The summed E-state index contributed by atoms with van der Waals surface area (Å²) in [5, 5.41) is 3.45. The molecule has 3 heteroatoms. The molecule has 0 spiro atoms. The van der Waals surface area contributed by atoms with Crippen LogP contribution in [0.3, 0.4) is 0 Å². The zero-order valence-corrected chi connectivity index (χ0v) is 11.8. The van der Waals surface area contributed by atoms with Crippen molar-refractivity contribution in [1.82, 2.24) is 10.3 Å². The number of anilines is 1. The van der Waals surface area contributed by atoms with Gasteiger partial charge in [-0.05, 0) is 36.9 Å². The first kappa shape index (κ1) is 13.3. The van der Waals surface area contributed by atoms with Gasteiger partial charge in [-0.1, -0.05) is 20.8 Å². The number of nitrogens with one attached hydrogen (secondary N) is 1. The summed E-state index contributed by atoms with van der Waals surface area (Å²) < 4.78 is 0. The van der Waals surface area contributed by atoms with Gasteiger partial charge in [-0.25, -0.2) is 0 Å². The lowest BCUT2D eigenvalue weighted by Crippen LogP contribution is -2.21. The van der Waals surface area contributed by atoms with E-state index >= 15 is 0 Å². The number of aromatic nitrogens is 1. The van der Waals surface area contributed by atoms with E-state index < -0.39 is 0 Å². The Balaban J connectivity index is 1.92. The Morgan fingerprint density at radius 3 is 3.00 bits per heavy atom. The fourth-order valence-electron chi connectivity index (χ4n) is 2.42. The second-order valence-electron chi connectivity index (χ2n) is 5.87. The first-order valence-corrected chi connectivity index (χ1v) is 7.05. The van der Waals surface area contributed by atoms with Crippen molar-refractivity contribution in [3.05, 3.63) is 24.0 Å². The molecule has 100 valence electrons. The van der Waals surface area contributed by atoms with E-state index in [-0.39, 0.29) is 0 Å². The Morgan fingerprint density at radius 2 is 2.33 bits per heavy atom. The summed E-state index contributed by atoms with van der Waals surface area (Å²) in [4.78, 5) is 6.91. The molecular formula is C15H25N3. The van der Waals surface area contributed by atoms with Crippen molar-refractivity contribution in [2.24, 2.45) is 11.8 Å². The van der Waals surface area contributed by atoms with Gasteiger partial charge in [0.2, 0.25) is 0 Å². The Morgan fingerprint density at radius 1 is 1.50 bits per heavy atom. The van der Waals surface area contributed by atoms with Gasteiger partial charge >= 0.3 is 0 Å². The van der Waals surface area contributed by atoms with E-state index in [1.165, 1.54) is 25.2 Å². The summed E-state index contributed by atoms with van der Waals surface area (Å²) >= 11 is 0. The zero-order chi connectivity index (χ0) is 13.0. The Hall–Kier alpha value is -1.09. The van der Waals surface area contributed by atoms with Gasteiger partial charge < -0.3 is 10.2 Å². The predicted octanol–water partition coefficient (Wildman–Crippen LogP) is 2.67. The van der Waals surface area contributed by atoms with E-state index in [0.29, 0.717) is 5.92 Å². The van der Waals surface area contributed by atoms with Crippen molar-refractivity contribution in [2.45, 2.75) is 33.7 Å². The maximum absolute atomic E-state index is 4.44. The normalized spacial score (nSPS) is 19.8. The van der Waals surface area contributed by atoms with Crippen LogP contribution in [-0.4, -0.2) is 24.6 Å². The van der Waals surface area contributed by atoms with E-state index in [1.54, 1.807) is 0 Å². The molecule has 0 saturated carbocycles. The minimum Gasteiger partial charge on any atom is -0.371 e. The lowest BCUT2D eigenvalue weighted by atomic mass is 10.2. The summed E-state index contributed by atoms with van der Waals surface area (Å²) in [6.07, 6.45) is 3.24. The minimum absolute atomic E-state index is 0.688. The van der Waals surface area contributed by atoms with E-state index in [4.69, 9.17) is 0 Å². The molecule has 3 nitrogen and oxygen atoms in total. The largest absolute Gasteiger partial charge is 0.371 e. The second-order valence-corrected chi connectivity index (χ2v) is 5.87. The highest BCUT2D eigenvalue weighted by atomic mass is 15.1. The number of hydrogen-bond donors (Lipinski definition) is 1. The van der Waals surface area contributed by atoms with Gasteiger partial charge in [0, 0.05) is 31.5 Å². The van der Waals surface area contributed by atoms with E-state index in [0.717, 1.165) is 24.7 Å². The highest BCUT2D eigenvalue weighted by Crippen LogP contribution is 2.23. The first-order valence-electron chi connectivity index (χ1n) is 7.05. The number of pyridine rings is 1. The lowest BCUT2D eigenvalue weighted by Gasteiger charge is -2.18. The van der Waals surface area contributed by atoms with Crippen LogP contribution in [0.2, 0.25) is 0 Å². The number of nitrogens with zero attached hydrogens (tertiary/aromatic N) is 2. The monoisotopic (exact) mass is 247 g/mol. The lowest BCUT2D eigenvalue weighted by molar-refractivity contribution is 0.548. The molecule has 0 aliphatic carbocycles. The van der Waals surface area contributed by atoms with Crippen molar-refractivity contribution in [3.63, 3.8) is 0 Å². The third-order valence-corrected chi connectivity index (χ3v) is 3.45. The second kappa shape index (κ2) is 6.19. The SMILES string of the molecule is CC(C)CNCc1cc(N2CCC(C)C2)ccn1. The van der Waals surface area contributed by atoms with Crippen LogP contribution in [0, 0.1) is 11.8 Å². The van der Waals surface area contributed by atoms with Crippen LogP contribution < -0.4 is 10.2 Å². The van der Waals surface area contributed by atoms with Crippen molar-refractivity contribution >= 4 is 5.69 Å². The number of rotatable bonds is 5. The third kappa shape index (κ3) is 3.70. The fraction of sp³-hybridized carbons (Fsp3) is 0.667. The molecule has 1 aliphatic heterocycles. The first-order chi connectivity index (χ1) is 8.65. The van der Waals surface area contributed by atoms with Gasteiger partial charge in [0.15, 0.2) is 0 Å². The van der Waals surface area contributed by atoms with Crippen LogP contribution >= 0.6 is 0 Å². The Labute approximate surface area is 111 Å². The molecule has 1 fully saturated rings. The van der Waals surface area contributed by atoms with Gasteiger partial charge in [0.1, 0.15) is 0 Å². The van der Waals surface area contributed by atoms with Crippen molar-refractivity contribution in [3.8, 4) is 0 Å². The zero-order valence-electron chi connectivity index (χ0n) is 11.8. The van der Waals surface area contributed by atoms with Crippen LogP contribution in [-0.2, 0) is 6.54 Å². The van der Waals surface area contributed by atoms with Gasteiger partial charge in [0.25, 0.3) is 0 Å². The summed E-state index contributed by atoms with van der Waals surface area (Å²) in [5.74, 6) is 1.51. The molecule has 1 atom stereocenters. The molecule has 18 heavy (non-hydrogen) atoms. The maximum atomic E-state index is 4.44. The van der Waals surface area contributed by atoms with Crippen LogP contribution in [0.25, 0.3) is 0 Å². The van der Waals surface area contributed by atoms with Crippen LogP contribution in [0.5, 0.6) is 0 Å². The molecule has 0 bridgehead atoms. The molecule has 1 aromatic rings. The highest BCUT2D eigenvalue weighted by molar-refractivity contribution is 5.47. The quantitative estimate of drug-likeness (QED) is 0.867. The van der Waals surface area contributed by atoms with Gasteiger partial charge in [-0.15, -0.1) is 0 Å². The molecule has 1 aromatic heterocycles. The van der Waals surface area contributed by atoms with Crippen molar-refractivity contribution in [1.29, 1.82) is 0 Å². The smallest absolute Gasteiger partial charge is 0.0562 e. The minimum atomic E-state index is 0.688. The van der Waals surface area contributed by atoms with Crippen LogP contribution in [0.15, 0.2) is 18.3 Å². The van der Waals surface area contributed by atoms with E-state index in [9.17, 15) is 0 Å². The Kier molecular flexibility index (Phi) is 4.59. The molecule has 0 amide bonds. The van der Waals surface area contributed by atoms with Crippen LogP contribution in [0.4, 0.5) is 5.69 Å². The summed E-state index contributed by atoms with van der Waals surface area (Å²) in [6.45, 7) is 11.1. The molecule has 1 aliphatic rings. The van der Waals surface area contributed by atoms with Gasteiger partial charge in [0.05, 0.1) is 5.69 Å². The third-order valence-electron chi connectivity index (χ3n) is 3.45. The molecule has 0 radical (unpaired) electrons. The fourth-order valence-corrected chi connectivity index (χ4v) is 2.42. The van der Waals surface area contributed by atoms with Crippen LogP contribution in [0.1, 0.15) is 32.9 Å². The molecule has 2 rings (SSSR count).